The number of halogens is 7. The van der Waals surface area contributed by atoms with Crippen LogP contribution in [-0.2, 0) is 66.0 Å². The largest absolute Gasteiger partial charge is 1.00 e. The number of aromatic carboxylic acids is 1. The minimum absolute atomic E-state index is 0. The molecule has 0 atom stereocenters. The summed E-state index contributed by atoms with van der Waals surface area (Å²) in [4.78, 5) is 42.7. The zero-order chi connectivity index (χ0) is 96.8. The van der Waals surface area contributed by atoms with Gasteiger partial charge in [-0.3, -0.25) is 34.7 Å². The van der Waals surface area contributed by atoms with E-state index < -0.39 is 51.2 Å². The first-order valence-corrected chi connectivity index (χ1v) is 58.0. The molecule has 16 aromatic rings. The number of carboxylic acids is 1. The molecule has 0 aliphatic carbocycles. The van der Waals surface area contributed by atoms with Crippen molar-refractivity contribution in [2.45, 2.75) is 69.9 Å². The maximum atomic E-state index is 13.3. The van der Waals surface area contributed by atoms with Crippen LogP contribution in [0.15, 0.2) is 287 Å². The summed E-state index contributed by atoms with van der Waals surface area (Å²) < 4.78 is 93.6. The molecule has 3 aliphatic rings. The van der Waals surface area contributed by atoms with E-state index in [1.54, 1.807) is 105 Å². The number of fused-ring (bicyclic) bond motifs is 3. The first-order chi connectivity index (χ1) is 64.9. The molecule has 0 bridgehead atoms. The number of piperazine rings is 3. The molecule has 19 rings (SSSR count). The molecule has 3 aliphatic heterocycles. The fraction of sp³-hybridized carbons (Fsp3) is 0.239. The summed E-state index contributed by atoms with van der Waals surface area (Å²) in [6.07, 6.45) is 0. The molecule has 3 fully saturated rings. The van der Waals surface area contributed by atoms with Crippen molar-refractivity contribution < 1.29 is 106 Å². The second-order valence-electron chi connectivity index (χ2n) is 29.6. The molecule has 3 saturated heterocycles. The van der Waals surface area contributed by atoms with Crippen LogP contribution in [-0.4, -0.2) is 192 Å². The van der Waals surface area contributed by atoms with Crippen molar-refractivity contribution >= 4 is 280 Å². The Morgan fingerprint density at radius 1 is 0.475 bits per heavy atom. The Hall–Kier alpha value is -6.37. The maximum absolute atomic E-state index is 13.3. The van der Waals surface area contributed by atoms with E-state index in [2.05, 4.69) is 258 Å². The number of nitrogens with zero attached hydrogens (tertiary/aromatic N) is 12. The number of nitrogens with one attached hydrogen (secondary N) is 4. The maximum Gasteiger partial charge on any atom is 1.00 e. The SMILES string of the molecule is Brc1ccsc1.C.C.CO.Cc1ccc(S(=O)(=O)N/N=C(\Cl)c2sccc2Br)cc1.Cc1ccc(S(=O)(=O)NNC(=O)c2sccc2Br)cc1.Cc1ccc(S(=O)(=O)n2nc(N3CCN(Cc4ccccc4)CC3)c3sccc32)cc1.Cn1nc(N2CCN(Cc3ccccc3)CC2)c2sccc21.O=C(O)c1sccc1Br.O=S(Cl)Cl.[K+].[OH-].c1ccc(CN2CCN(c3n[nH]c4ccsc34)CC2)cc1. The number of hydrazone groups is 1. The average molecular weight is 2440 g/mol. The molecule has 13 heterocycles. The Bertz CT molecular complexity index is 6840. The summed E-state index contributed by atoms with van der Waals surface area (Å²) in [7, 11) is -0.834. The molecule has 47 heteroatoms. The van der Waals surface area contributed by atoms with Crippen LogP contribution in [0.4, 0.5) is 17.5 Å². The second-order valence-corrected chi connectivity index (χ2v) is 47.3. The Labute approximate surface area is 931 Å². The number of carbonyl (C=O) groups is 2. The number of carboxylic acid groups (broad SMARTS) is 1. The van der Waals surface area contributed by atoms with Gasteiger partial charge in [-0.15, -0.1) is 78.0 Å². The van der Waals surface area contributed by atoms with Gasteiger partial charge in [0.15, 0.2) is 22.6 Å². The number of aromatic amines is 1. The fourth-order valence-corrected chi connectivity index (χ4v) is 25.0. The topological polar surface area (TPSA) is 356 Å². The van der Waals surface area contributed by atoms with E-state index in [9.17, 15) is 34.8 Å². The van der Waals surface area contributed by atoms with E-state index >= 15 is 0 Å². The monoisotopic (exact) mass is 2430 g/mol. The number of rotatable bonds is 20. The van der Waals surface area contributed by atoms with Crippen LogP contribution in [0.3, 0.4) is 0 Å². The van der Waals surface area contributed by atoms with E-state index in [1.807, 2.05) is 90.4 Å². The van der Waals surface area contributed by atoms with E-state index in [4.69, 9.17) is 31.1 Å². The zero-order valence-corrected chi connectivity index (χ0v) is 95.1. The van der Waals surface area contributed by atoms with E-state index in [0.29, 0.717) is 29.1 Å². The number of sulfonamides is 2. The van der Waals surface area contributed by atoms with Gasteiger partial charge in [0.25, 0.3) is 36.0 Å². The number of aromatic nitrogens is 6. The Balaban J connectivity index is 0.000000224. The molecule has 0 spiro atoms. The number of carbonyl (C=O) groups excluding carboxylic acids is 1. The number of aliphatic hydroxyl groups is 1. The van der Waals surface area contributed by atoms with Crippen molar-refractivity contribution in [3.63, 3.8) is 0 Å². The van der Waals surface area contributed by atoms with Gasteiger partial charge in [-0.25, -0.2) is 17.4 Å². The first-order valence-electron chi connectivity index (χ1n) is 41.0. The molecule has 0 radical (unpaired) electrons. The molecule has 10 aromatic heterocycles. The minimum Gasteiger partial charge on any atom is -0.870 e. The molecule has 6 aromatic carbocycles. The number of hydrogen-bond donors (Lipinski definition) is 6. The van der Waals surface area contributed by atoms with Crippen LogP contribution in [0.5, 0.6) is 0 Å². The predicted molar refractivity (Wildman–Crippen MR) is 587 cm³/mol. The summed E-state index contributed by atoms with van der Waals surface area (Å²) >= 11 is 29.5. The van der Waals surface area contributed by atoms with Crippen LogP contribution < -0.4 is 81.2 Å². The third-order valence-corrected chi connectivity index (χ3v) is 34.5. The summed E-state index contributed by atoms with van der Waals surface area (Å²) in [6.45, 7) is 20.8. The molecule has 0 unspecified atom stereocenters. The van der Waals surface area contributed by atoms with Crippen molar-refractivity contribution in [3.05, 3.63) is 315 Å². The molecular weight excluding hydrogens is 2340 g/mol. The van der Waals surface area contributed by atoms with Gasteiger partial charge in [-0.2, -0.15) is 52.4 Å². The summed E-state index contributed by atoms with van der Waals surface area (Å²) in [5, 5.41) is 51.7. The molecule has 738 valence electrons. The zero-order valence-electron chi connectivity index (χ0n) is 74.4. The number of amides is 1. The van der Waals surface area contributed by atoms with Gasteiger partial charge in [0, 0.05) is 157 Å². The van der Waals surface area contributed by atoms with Gasteiger partial charge in [-0.1, -0.05) is 171 Å². The molecule has 139 heavy (non-hydrogen) atoms. The molecule has 28 nitrogen and oxygen atoms in total. The third-order valence-electron chi connectivity index (χ3n) is 20.3. The van der Waals surface area contributed by atoms with Crippen LogP contribution in [0.1, 0.15) is 72.5 Å². The number of hydrogen-bond acceptors (Lipinski definition) is 28. The van der Waals surface area contributed by atoms with Crippen molar-refractivity contribution in [1.29, 1.82) is 0 Å². The third kappa shape index (κ3) is 35.5. The van der Waals surface area contributed by atoms with Crippen molar-refractivity contribution in [1.82, 2.24) is 59.0 Å². The first kappa shape index (κ1) is 120. The van der Waals surface area contributed by atoms with Gasteiger partial charge < -0.3 is 30.4 Å². The number of anilines is 3. The predicted octanol–water partition coefficient (Wildman–Crippen LogP) is 19.5. The van der Waals surface area contributed by atoms with E-state index in [-0.39, 0.29) is 91.6 Å². The Kier molecular flexibility index (Phi) is 51.0. The number of benzene rings is 6. The minimum atomic E-state index is -3.77. The average Bonchev–Trinajstić information content (AvgIpc) is 1.59. The summed E-state index contributed by atoms with van der Waals surface area (Å²) in [5.41, 5.74) is 12.3. The number of aliphatic hydroxyl groups excluding tert-OH is 1. The van der Waals surface area contributed by atoms with Gasteiger partial charge in [-0.05, 0) is 218 Å². The normalized spacial score (nSPS) is 13.3. The standard InChI is InChI=1S/C23H24N4O2S2.C17H20N4S.C16H18N4S.C12H10BrClN2O2S2.C12H11BrN2O3S2.C5H3BrO2S.C4H3BrS.CH4O.2CH4.Cl2OS.K.H2O/c1-18-7-9-20(10-8-18)31(28,29)27-21-11-16-30-22(21)23(24-27)26-14-12-25(13-15-26)17-19-5-3-2-4-6-19;1-19-15-7-12-22-16(15)17(18-19)21-10-8-20(9-11-21)13-14-5-3-2-4-6-14;1-2-4-13(5-3-1)12-19-7-9-20(10-8-19)16-15-14(17-18-16)6-11-21-15;1-8-2-4-9(5-3-8)20(17,18)16-15-12(14)11-10(13)6-7-19-11;1-8-2-4-9(5-3-8)20(17,18)15-14-12(16)11-10(13)6-7-19-11;6-3-1-2-9-4(3)5(7)8;5-4-1-2-6-3-4;1-2;;;1-4(2)3;;/h2-11,16H,12-15,17H2,1H3;2-7,12H,8-11,13H2,1H3;1-6,11H,7-10,12H2,(H,17,18);2-7,16H,1H3;2-7,15H,1H3,(H,14,16);1-2H,(H,7,8);1-3H;2H,1H3;2*1H4;;;1H2/q;;;;;;;;;;;+1;/p-1/b;;;15-12-;;;;;;;;;. The number of H-pyrrole nitrogens is 1. The fourth-order valence-electron chi connectivity index (χ4n) is 13.5. The Morgan fingerprint density at radius 2 is 0.849 bits per heavy atom. The van der Waals surface area contributed by atoms with Gasteiger partial charge >= 0.3 is 57.4 Å². The van der Waals surface area contributed by atoms with Gasteiger partial charge in [0.1, 0.15) is 9.75 Å². The molecule has 7 N–H and O–H groups in total. The van der Waals surface area contributed by atoms with Crippen LogP contribution in [0.25, 0.3) is 30.6 Å². The number of hydrazine groups is 1. The second kappa shape index (κ2) is 59.3. The van der Waals surface area contributed by atoms with Crippen molar-refractivity contribution in [2.75, 3.05) is 100 Å². The van der Waals surface area contributed by atoms with Crippen molar-refractivity contribution in [3.8, 4) is 0 Å². The van der Waals surface area contributed by atoms with Crippen LogP contribution in [0, 0.1) is 20.8 Å². The van der Waals surface area contributed by atoms with E-state index in [0.717, 1.165) is 154 Å². The van der Waals surface area contributed by atoms with Crippen LogP contribution >= 0.6 is 176 Å². The van der Waals surface area contributed by atoms with Gasteiger partial charge in [0.05, 0.1) is 50.2 Å². The summed E-state index contributed by atoms with van der Waals surface area (Å²) in [5.74, 6) is 1.66. The molecule has 1 amide bonds. The Morgan fingerprint density at radius 3 is 1.24 bits per heavy atom. The molecular formula is C92H102Br4Cl3KN16O12S11. The van der Waals surface area contributed by atoms with E-state index in [1.165, 1.54) is 98.4 Å². The number of thiophene rings is 7. The van der Waals surface area contributed by atoms with Gasteiger partial charge in [0.2, 0.25) is 9.23 Å². The molecule has 0 saturated carbocycles. The quantitative estimate of drug-likeness (QED) is 0.0179. The van der Waals surface area contributed by atoms with Crippen molar-refractivity contribution in [2.24, 2.45) is 12.1 Å². The van der Waals surface area contributed by atoms with Crippen LogP contribution in [0.2, 0.25) is 0 Å². The smallest absolute Gasteiger partial charge is 0.870 e. The summed E-state index contributed by atoms with van der Waals surface area (Å²) in [6, 6.07) is 65.0. The number of aryl methyl sites for hydroxylation is 4.